The van der Waals surface area contributed by atoms with Crippen LogP contribution in [0.5, 0.6) is 0 Å². The SMILES string of the molecule is O=C(Cc1cnc2[nH]ccc2c1)c1ccc(CNC2=C(Cl)C(=O)c3ccccc3C2=O)cc1. The Morgan fingerprint density at radius 2 is 1.67 bits per heavy atom. The van der Waals surface area contributed by atoms with Gasteiger partial charge in [0.05, 0.1) is 0 Å². The number of allylic oxidation sites excluding steroid dienone is 2. The highest BCUT2D eigenvalue weighted by molar-refractivity contribution is 6.49. The number of hydrogen-bond acceptors (Lipinski definition) is 5. The summed E-state index contributed by atoms with van der Waals surface area (Å²) in [6.45, 7) is 0.287. The molecule has 0 saturated carbocycles. The summed E-state index contributed by atoms with van der Waals surface area (Å²) in [5.74, 6) is -0.695. The summed E-state index contributed by atoms with van der Waals surface area (Å²) in [6, 6.07) is 17.6. The van der Waals surface area contributed by atoms with Crippen LogP contribution in [0.15, 0.2) is 83.8 Å². The number of ketones is 3. The van der Waals surface area contributed by atoms with E-state index in [2.05, 4.69) is 15.3 Å². The van der Waals surface area contributed by atoms with E-state index in [9.17, 15) is 14.4 Å². The molecular formula is C26H18ClN3O3. The number of pyridine rings is 1. The van der Waals surface area contributed by atoms with Crippen LogP contribution >= 0.6 is 11.6 Å². The van der Waals surface area contributed by atoms with Crippen molar-refractivity contribution in [1.29, 1.82) is 0 Å². The Hall–Kier alpha value is -4.03. The van der Waals surface area contributed by atoms with Crippen molar-refractivity contribution >= 4 is 40.0 Å². The second kappa shape index (κ2) is 8.48. The Morgan fingerprint density at radius 3 is 2.42 bits per heavy atom. The van der Waals surface area contributed by atoms with E-state index in [1.54, 1.807) is 42.6 Å². The quantitative estimate of drug-likeness (QED) is 0.414. The maximum atomic E-state index is 12.8. The number of halogens is 1. The summed E-state index contributed by atoms with van der Waals surface area (Å²) in [7, 11) is 0. The largest absolute Gasteiger partial charge is 0.376 e. The first-order valence-electron chi connectivity index (χ1n) is 10.4. The number of carbonyl (C=O) groups is 3. The summed E-state index contributed by atoms with van der Waals surface area (Å²) in [4.78, 5) is 45.3. The molecule has 0 amide bonds. The Balaban J connectivity index is 1.26. The van der Waals surface area contributed by atoms with Gasteiger partial charge in [-0.2, -0.15) is 0 Å². The first-order chi connectivity index (χ1) is 16.0. The number of hydrogen-bond donors (Lipinski definition) is 2. The van der Waals surface area contributed by atoms with Gasteiger partial charge in [0.1, 0.15) is 16.4 Å². The van der Waals surface area contributed by atoms with E-state index in [1.165, 1.54) is 0 Å². The lowest BCUT2D eigenvalue weighted by atomic mass is 9.92. The molecule has 0 atom stereocenters. The maximum absolute atomic E-state index is 12.8. The van der Waals surface area contributed by atoms with E-state index in [1.807, 2.05) is 30.5 Å². The molecule has 0 saturated heterocycles. The van der Waals surface area contributed by atoms with E-state index in [0.29, 0.717) is 16.7 Å². The predicted molar refractivity (Wildman–Crippen MR) is 125 cm³/mol. The smallest absolute Gasteiger partial charge is 0.211 e. The van der Waals surface area contributed by atoms with Crippen molar-refractivity contribution in [3.05, 3.63) is 112 Å². The average molecular weight is 456 g/mol. The highest BCUT2D eigenvalue weighted by Gasteiger charge is 2.30. The minimum absolute atomic E-state index is 0.0124. The Bertz CT molecular complexity index is 1450. The lowest BCUT2D eigenvalue weighted by Gasteiger charge is -2.19. The van der Waals surface area contributed by atoms with Gasteiger partial charge in [-0.15, -0.1) is 0 Å². The molecule has 0 unspecified atom stereocenters. The van der Waals surface area contributed by atoms with Crippen molar-refractivity contribution in [2.24, 2.45) is 0 Å². The zero-order chi connectivity index (χ0) is 22.9. The zero-order valence-electron chi connectivity index (χ0n) is 17.4. The van der Waals surface area contributed by atoms with E-state index in [0.717, 1.165) is 22.2 Å². The maximum Gasteiger partial charge on any atom is 0.211 e. The van der Waals surface area contributed by atoms with Gasteiger partial charge in [0.25, 0.3) is 0 Å². The minimum Gasteiger partial charge on any atom is -0.376 e. The van der Waals surface area contributed by atoms with E-state index >= 15 is 0 Å². The van der Waals surface area contributed by atoms with Crippen LogP contribution in [0.2, 0.25) is 0 Å². The number of nitrogens with zero attached hydrogens (tertiary/aromatic N) is 1. The monoisotopic (exact) mass is 455 g/mol. The molecule has 0 fully saturated rings. The van der Waals surface area contributed by atoms with Gasteiger partial charge in [-0.25, -0.2) is 4.98 Å². The molecule has 1 aliphatic carbocycles. The molecule has 162 valence electrons. The van der Waals surface area contributed by atoms with Crippen LogP contribution in [0.1, 0.15) is 42.2 Å². The molecule has 0 radical (unpaired) electrons. The number of aromatic nitrogens is 2. The van der Waals surface area contributed by atoms with Crippen LogP contribution in [0.4, 0.5) is 0 Å². The van der Waals surface area contributed by atoms with Crippen LogP contribution < -0.4 is 5.32 Å². The molecule has 5 rings (SSSR count). The predicted octanol–water partition coefficient (Wildman–Crippen LogP) is 4.61. The Morgan fingerprint density at radius 1 is 0.939 bits per heavy atom. The lowest BCUT2D eigenvalue weighted by Crippen LogP contribution is -2.28. The minimum atomic E-state index is -0.373. The number of fused-ring (bicyclic) bond motifs is 2. The van der Waals surface area contributed by atoms with Gasteiger partial charge in [-0.05, 0) is 23.3 Å². The molecule has 0 aliphatic heterocycles. The summed E-state index contributed by atoms with van der Waals surface area (Å²) >= 11 is 6.19. The van der Waals surface area contributed by atoms with E-state index in [-0.39, 0.29) is 41.0 Å². The van der Waals surface area contributed by atoms with Crippen LogP contribution in [0, 0.1) is 0 Å². The zero-order valence-corrected chi connectivity index (χ0v) is 18.1. The van der Waals surface area contributed by atoms with Crippen molar-refractivity contribution in [3.8, 4) is 0 Å². The lowest BCUT2D eigenvalue weighted by molar-refractivity contribution is 0.0974. The van der Waals surface area contributed by atoms with Gasteiger partial charge in [-0.3, -0.25) is 14.4 Å². The number of H-pyrrole nitrogens is 1. The highest BCUT2D eigenvalue weighted by Crippen LogP contribution is 2.27. The van der Waals surface area contributed by atoms with Gasteiger partial charge < -0.3 is 10.3 Å². The fourth-order valence-corrected chi connectivity index (χ4v) is 4.13. The molecule has 2 aromatic carbocycles. The second-order valence-corrected chi connectivity index (χ2v) is 8.18. The molecule has 2 heterocycles. The van der Waals surface area contributed by atoms with Crippen molar-refractivity contribution in [3.63, 3.8) is 0 Å². The summed E-state index contributed by atoms with van der Waals surface area (Å²) in [5.41, 5.74) is 3.81. The number of nitrogens with one attached hydrogen (secondary N) is 2. The fraction of sp³-hybridized carbons (Fsp3) is 0.0769. The molecule has 0 bridgehead atoms. The van der Waals surface area contributed by atoms with Gasteiger partial charge >= 0.3 is 0 Å². The third-order valence-electron chi connectivity index (χ3n) is 5.63. The summed E-state index contributed by atoms with van der Waals surface area (Å²) in [5, 5.41) is 3.85. The first kappa shape index (κ1) is 20.8. The third kappa shape index (κ3) is 3.97. The van der Waals surface area contributed by atoms with Gasteiger partial charge in [0, 0.05) is 47.4 Å². The summed E-state index contributed by atoms with van der Waals surface area (Å²) in [6.07, 6.45) is 3.77. The molecule has 33 heavy (non-hydrogen) atoms. The first-order valence-corrected chi connectivity index (χ1v) is 10.8. The molecular weight excluding hydrogens is 438 g/mol. The standard InChI is InChI=1S/C26H18ClN3O3/c27-22-23(25(33)20-4-2-1-3-19(20)24(22)32)29-13-15-5-7-17(8-6-15)21(31)12-16-11-18-9-10-28-26(18)30-14-16/h1-11,14,29H,12-13H2,(H,28,30). The molecule has 2 aromatic heterocycles. The molecule has 2 N–H and O–H groups in total. The van der Waals surface area contributed by atoms with Crippen LogP contribution in [0.25, 0.3) is 11.0 Å². The molecule has 7 heteroatoms. The number of carbonyl (C=O) groups excluding carboxylic acids is 3. The van der Waals surface area contributed by atoms with E-state index < -0.39 is 0 Å². The molecule has 6 nitrogen and oxygen atoms in total. The summed E-state index contributed by atoms with van der Waals surface area (Å²) < 4.78 is 0. The number of benzene rings is 2. The van der Waals surface area contributed by atoms with Crippen molar-refractivity contribution in [2.75, 3.05) is 0 Å². The topological polar surface area (TPSA) is 91.9 Å². The number of aromatic amines is 1. The van der Waals surface area contributed by atoms with Gasteiger partial charge in [-0.1, -0.05) is 60.1 Å². The second-order valence-electron chi connectivity index (χ2n) is 7.80. The van der Waals surface area contributed by atoms with Gasteiger partial charge in [0.2, 0.25) is 11.6 Å². The van der Waals surface area contributed by atoms with Crippen molar-refractivity contribution in [1.82, 2.24) is 15.3 Å². The third-order valence-corrected chi connectivity index (χ3v) is 5.99. The molecule has 0 spiro atoms. The molecule has 4 aromatic rings. The van der Waals surface area contributed by atoms with Crippen molar-refractivity contribution in [2.45, 2.75) is 13.0 Å². The van der Waals surface area contributed by atoms with Crippen LogP contribution in [-0.4, -0.2) is 27.3 Å². The molecule has 1 aliphatic rings. The average Bonchev–Trinajstić information content (AvgIpc) is 3.31. The Labute approximate surface area is 194 Å². The van der Waals surface area contributed by atoms with Crippen LogP contribution in [-0.2, 0) is 13.0 Å². The number of Topliss-reactive ketones (excluding diaryl/α,β-unsaturated/α-hetero) is 3. The fourth-order valence-electron chi connectivity index (χ4n) is 3.87. The number of rotatable bonds is 6. The van der Waals surface area contributed by atoms with Crippen LogP contribution in [0.3, 0.4) is 0 Å². The normalized spacial score (nSPS) is 13.4. The van der Waals surface area contributed by atoms with Crippen molar-refractivity contribution < 1.29 is 14.4 Å². The van der Waals surface area contributed by atoms with E-state index in [4.69, 9.17) is 11.6 Å². The van der Waals surface area contributed by atoms with Gasteiger partial charge in [0.15, 0.2) is 5.78 Å². The Kier molecular flexibility index (Phi) is 5.36. The highest BCUT2D eigenvalue weighted by atomic mass is 35.5.